The Morgan fingerprint density at radius 2 is 1.44 bits per heavy atom. The maximum absolute atomic E-state index is 5.99. The van der Waals surface area contributed by atoms with Crippen LogP contribution in [0.5, 0.6) is 0 Å². The number of aliphatic imine (C=N–C) groups is 1. The van der Waals surface area contributed by atoms with Crippen LogP contribution in [0, 0.1) is 5.41 Å². The standard InChI is InChI=1S/C28H27N2OP/c1-28(2,3)25-19-31-27(30-25)23-18-17-20-11-10-16-24(26(20)29-23)32(21-12-6-4-7-13-21)22-14-8-5-9-15-22/h4-18,25H,19H2,1-3H3/t25-/m0/s1. The fourth-order valence-corrected chi connectivity index (χ4v) is 6.39. The number of rotatable bonds is 4. The van der Waals surface area contributed by atoms with Crippen molar-refractivity contribution < 1.29 is 4.74 Å². The summed E-state index contributed by atoms with van der Waals surface area (Å²) in [4.78, 5) is 9.97. The molecule has 0 fully saturated rings. The van der Waals surface area contributed by atoms with Gasteiger partial charge in [-0.15, -0.1) is 0 Å². The van der Waals surface area contributed by atoms with Crippen LogP contribution >= 0.6 is 7.92 Å². The van der Waals surface area contributed by atoms with Gasteiger partial charge in [0.15, 0.2) is 0 Å². The molecule has 0 N–H and O–H groups in total. The van der Waals surface area contributed by atoms with E-state index in [9.17, 15) is 0 Å². The highest BCUT2D eigenvalue weighted by atomic mass is 31.1. The first-order valence-electron chi connectivity index (χ1n) is 11.0. The highest BCUT2D eigenvalue weighted by molar-refractivity contribution is 7.80. The van der Waals surface area contributed by atoms with Gasteiger partial charge in [-0.3, -0.25) is 0 Å². The highest BCUT2D eigenvalue weighted by Crippen LogP contribution is 2.35. The topological polar surface area (TPSA) is 34.5 Å². The first kappa shape index (κ1) is 20.8. The molecule has 160 valence electrons. The second-order valence-electron chi connectivity index (χ2n) is 9.18. The maximum Gasteiger partial charge on any atom is 0.235 e. The predicted octanol–water partition coefficient (Wildman–Crippen LogP) is 5.18. The van der Waals surface area contributed by atoms with Crippen LogP contribution in [0.25, 0.3) is 10.9 Å². The Bertz CT molecular complexity index is 1220. The molecule has 0 saturated heterocycles. The molecule has 0 aliphatic carbocycles. The summed E-state index contributed by atoms with van der Waals surface area (Å²) < 4.78 is 5.99. The second kappa shape index (κ2) is 8.48. The van der Waals surface area contributed by atoms with E-state index in [1.54, 1.807) is 0 Å². The molecule has 0 amide bonds. The van der Waals surface area contributed by atoms with Gasteiger partial charge in [0.05, 0.1) is 11.6 Å². The minimum Gasteiger partial charge on any atom is -0.474 e. The van der Waals surface area contributed by atoms with Crippen LogP contribution in [-0.2, 0) is 4.74 Å². The van der Waals surface area contributed by atoms with Crippen LogP contribution in [0.3, 0.4) is 0 Å². The van der Waals surface area contributed by atoms with Gasteiger partial charge in [-0.25, -0.2) is 9.98 Å². The van der Waals surface area contributed by atoms with E-state index in [1.807, 2.05) is 6.07 Å². The van der Waals surface area contributed by atoms with E-state index < -0.39 is 7.92 Å². The molecule has 0 spiro atoms. The van der Waals surface area contributed by atoms with Crippen molar-refractivity contribution in [2.75, 3.05) is 6.61 Å². The van der Waals surface area contributed by atoms with Crippen LogP contribution in [-0.4, -0.2) is 23.5 Å². The van der Waals surface area contributed by atoms with E-state index in [-0.39, 0.29) is 11.5 Å². The summed E-state index contributed by atoms with van der Waals surface area (Å²) in [5, 5.41) is 5.02. The fourth-order valence-electron chi connectivity index (χ4n) is 3.97. The molecule has 4 aromatic rings. The van der Waals surface area contributed by atoms with Gasteiger partial charge in [0.1, 0.15) is 12.3 Å². The minimum atomic E-state index is -0.741. The van der Waals surface area contributed by atoms with Gasteiger partial charge in [0.2, 0.25) is 5.90 Å². The third-order valence-electron chi connectivity index (χ3n) is 5.84. The molecule has 1 aliphatic rings. The Labute approximate surface area is 191 Å². The predicted molar refractivity (Wildman–Crippen MR) is 136 cm³/mol. The van der Waals surface area contributed by atoms with Crippen molar-refractivity contribution in [2.24, 2.45) is 10.4 Å². The lowest BCUT2D eigenvalue weighted by Gasteiger charge is -2.21. The molecule has 32 heavy (non-hydrogen) atoms. The largest absolute Gasteiger partial charge is 0.474 e. The van der Waals surface area contributed by atoms with Crippen LogP contribution in [0.1, 0.15) is 26.5 Å². The van der Waals surface area contributed by atoms with E-state index in [2.05, 4.69) is 106 Å². The average molecular weight is 439 g/mol. The monoisotopic (exact) mass is 438 g/mol. The van der Waals surface area contributed by atoms with Crippen LogP contribution < -0.4 is 15.9 Å². The number of nitrogens with zero attached hydrogens (tertiary/aromatic N) is 2. The number of hydrogen-bond donors (Lipinski definition) is 0. The number of benzene rings is 3. The molecule has 3 aromatic carbocycles. The molecule has 1 aromatic heterocycles. The zero-order chi connectivity index (χ0) is 22.1. The van der Waals surface area contributed by atoms with Gasteiger partial charge in [-0.05, 0) is 30.0 Å². The van der Waals surface area contributed by atoms with Gasteiger partial charge in [-0.1, -0.05) is 106 Å². The molecule has 0 radical (unpaired) electrons. The highest BCUT2D eigenvalue weighted by Gasteiger charge is 2.31. The Morgan fingerprint density at radius 3 is 2.03 bits per heavy atom. The molecule has 0 bridgehead atoms. The summed E-state index contributed by atoms with van der Waals surface area (Å²) in [5.41, 5.74) is 1.90. The van der Waals surface area contributed by atoms with Crippen molar-refractivity contribution in [3.8, 4) is 0 Å². The number of aromatic nitrogens is 1. The van der Waals surface area contributed by atoms with E-state index in [4.69, 9.17) is 14.7 Å². The van der Waals surface area contributed by atoms with Gasteiger partial charge >= 0.3 is 0 Å². The lowest BCUT2D eigenvalue weighted by molar-refractivity contribution is 0.235. The Hall–Kier alpha value is -3.03. The smallest absolute Gasteiger partial charge is 0.235 e. The average Bonchev–Trinajstić information content (AvgIpc) is 3.32. The lowest BCUT2D eigenvalue weighted by atomic mass is 9.88. The van der Waals surface area contributed by atoms with Crippen LogP contribution in [0.15, 0.2) is 96.0 Å². The van der Waals surface area contributed by atoms with Crippen molar-refractivity contribution in [1.29, 1.82) is 0 Å². The normalized spacial score (nSPS) is 16.2. The summed E-state index contributed by atoms with van der Waals surface area (Å²) in [6.07, 6.45) is 0. The first-order valence-corrected chi connectivity index (χ1v) is 12.4. The summed E-state index contributed by atoms with van der Waals surface area (Å²) in [6.45, 7) is 7.21. The number of para-hydroxylation sites is 1. The molecule has 2 heterocycles. The molecule has 3 nitrogen and oxygen atoms in total. The molecule has 0 saturated carbocycles. The summed E-state index contributed by atoms with van der Waals surface area (Å²) in [6, 6.07) is 32.3. The Morgan fingerprint density at radius 1 is 0.781 bits per heavy atom. The second-order valence-corrected chi connectivity index (χ2v) is 11.4. The van der Waals surface area contributed by atoms with E-state index in [0.29, 0.717) is 12.5 Å². The molecule has 0 unspecified atom stereocenters. The number of fused-ring (bicyclic) bond motifs is 1. The lowest BCUT2D eigenvalue weighted by Crippen LogP contribution is -2.25. The molecule has 4 heteroatoms. The molecule has 5 rings (SSSR count). The SMILES string of the molecule is CC(C)(C)[C@@H]1COC(c2ccc3cccc(P(c4ccccc4)c4ccccc4)c3n2)=N1. The molecule has 1 aliphatic heterocycles. The van der Waals surface area contributed by atoms with Gasteiger partial charge in [-0.2, -0.15) is 0 Å². The number of hydrogen-bond acceptors (Lipinski definition) is 3. The van der Waals surface area contributed by atoms with Gasteiger partial charge in [0, 0.05) is 10.7 Å². The van der Waals surface area contributed by atoms with Gasteiger partial charge in [0.25, 0.3) is 0 Å². The van der Waals surface area contributed by atoms with Crippen molar-refractivity contribution in [3.63, 3.8) is 0 Å². The van der Waals surface area contributed by atoms with Crippen molar-refractivity contribution in [1.82, 2.24) is 4.98 Å². The summed E-state index contributed by atoms with van der Waals surface area (Å²) >= 11 is 0. The number of ether oxygens (including phenoxy) is 1. The minimum absolute atomic E-state index is 0.0682. The molecular weight excluding hydrogens is 411 g/mol. The summed E-state index contributed by atoms with van der Waals surface area (Å²) in [5.74, 6) is 0.658. The Kier molecular flexibility index (Phi) is 5.53. The zero-order valence-corrected chi connectivity index (χ0v) is 19.6. The van der Waals surface area contributed by atoms with Crippen LogP contribution in [0.2, 0.25) is 0 Å². The van der Waals surface area contributed by atoms with E-state index in [0.717, 1.165) is 16.6 Å². The van der Waals surface area contributed by atoms with Crippen molar-refractivity contribution in [3.05, 3.63) is 96.7 Å². The number of pyridine rings is 1. The van der Waals surface area contributed by atoms with Gasteiger partial charge < -0.3 is 4.74 Å². The maximum atomic E-state index is 5.99. The zero-order valence-electron chi connectivity index (χ0n) is 18.7. The quantitative estimate of drug-likeness (QED) is 0.411. The van der Waals surface area contributed by atoms with E-state index >= 15 is 0 Å². The first-order chi connectivity index (χ1) is 15.5. The summed E-state index contributed by atoms with van der Waals surface area (Å²) in [7, 11) is -0.741. The Balaban J connectivity index is 1.66. The van der Waals surface area contributed by atoms with Crippen LogP contribution in [0.4, 0.5) is 0 Å². The molecular formula is C28H27N2OP. The fraction of sp³-hybridized carbons (Fsp3) is 0.214. The van der Waals surface area contributed by atoms with Crippen molar-refractivity contribution >= 4 is 40.6 Å². The van der Waals surface area contributed by atoms with E-state index in [1.165, 1.54) is 15.9 Å². The van der Waals surface area contributed by atoms with Crippen molar-refractivity contribution in [2.45, 2.75) is 26.8 Å². The third kappa shape index (κ3) is 4.06. The third-order valence-corrected chi connectivity index (χ3v) is 8.31. The molecule has 1 atom stereocenters.